The van der Waals surface area contributed by atoms with Crippen LogP contribution in [-0.4, -0.2) is 11.8 Å². The first-order chi connectivity index (χ1) is 9.34. The minimum absolute atomic E-state index is 0.559. The van der Waals surface area contributed by atoms with Gasteiger partial charge in [-0.3, -0.25) is 4.99 Å². The van der Waals surface area contributed by atoms with Gasteiger partial charge in [0, 0.05) is 11.3 Å². The summed E-state index contributed by atoms with van der Waals surface area (Å²) in [4.78, 5) is 4.86. The standard InChI is InChI=1S/C18H19N/c1-14(19-16-10-7-11-16)17-12-5-6-13-18(17)15-8-3-2-4-9-15/h2-6,8-9,12-13,16H,7,10-11H2,1H3/b19-14-. The molecule has 1 saturated carbocycles. The van der Waals surface area contributed by atoms with Crippen LogP contribution < -0.4 is 0 Å². The fourth-order valence-corrected chi connectivity index (χ4v) is 2.53. The first-order valence-corrected chi connectivity index (χ1v) is 7.04. The Hall–Kier alpha value is -1.89. The van der Waals surface area contributed by atoms with Crippen molar-refractivity contribution < 1.29 is 0 Å². The van der Waals surface area contributed by atoms with Gasteiger partial charge in [-0.25, -0.2) is 0 Å². The van der Waals surface area contributed by atoms with Crippen molar-refractivity contribution in [2.75, 3.05) is 0 Å². The van der Waals surface area contributed by atoms with Crippen molar-refractivity contribution >= 4 is 5.71 Å². The van der Waals surface area contributed by atoms with Crippen molar-refractivity contribution in [2.24, 2.45) is 4.99 Å². The van der Waals surface area contributed by atoms with Gasteiger partial charge in [0.05, 0.1) is 6.04 Å². The van der Waals surface area contributed by atoms with E-state index in [0.717, 1.165) is 0 Å². The Labute approximate surface area is 115 Å². The molecule has 19 heavy (non-hydrogen) atoms. The molecule has 0 heterocycles. The van der Waals surface area contributed by atoms with E-state index < -0.39 is 0 Å². The average Bonchev–Trinajstić information content (AvgIpc) is 2.43. The van der Waals surface area contributed by atoms with Crippen molar-refractivity contribution in [1.29, 1.82) is 0 Å². The topological polar surface area (TPSA) is 12.4 Å². The number of rotatable bonds is 3. The quantitative estimate of drug-likeness (QED) is 0.698. The zero-order valence-electron chi connectivity index (χ0n) is 11.3. The van der Waals surface area contributed by atoms with Gasteiger partial charge in [-0.05, 0) is 37.3 Å². The molecule has 0 amide bonds. The number of hydrogen-bond acceptors (Lipinski definition) is 1. The van der Waals surface area contributed by atoms with E-state index in [-0.39, 0.29) is 0 Å². The van der Waals surface area contributed by atoms with Crippen molar-refractivity contribution in [3.8, 4) is 11.1 Å². The van der Waals surface area contributed by atoms with Crippen LogP contribution in [0.25, 0.3) is 11.1 Å². The lowest BCUT2D eigenvalue weighted by Crippen LogP contribution is -2.17. The highest BCUT2D eigenvalue weighted by Crippen LogP contribution is 2.27. The predicted octanol–water partition coefficient (Wildman–Crippen LogP) is 4.72. The lowest BCUT2D eigenvalue weighted by Gasteiger charge is -2.22. The van der Waals surface area contributed by atoms with Crippen LogP contribution in [0.4, 0.5) is 0 Å². The zero-order valence-corrected chi connectivity index (χ0v) is 11.3. The molecule has 1 aliphatic carbocycles. The molecule has 0 radical (unpaired) electrons. The fraction of sp³-hybridized carbons (Fsp3) is 0.278. The van der Waals surface area contributed by atoms with Gasteiger partial charge in [-0.2, -0.15) is 0 Å². The third-order valence-electron chi connectivity index (χ3n) is 3.85. The van der Waals surface area contributed by atoms with Crippen molar-refractivity contribution in [3.05, 3.63) is 60.2 Å². The van der Waals surface area contributed by atoms with Gasteiger partial charge in [0.2, 0.25) is 0 Å². The molecule has 1 fully saturated rings. The van der Waals surface area contributed by atoms with E-state index in [1.165, 1.54) is 41.7 Å². The molecule has 0 aliphatic heterocycles. The Morgan fingerprint density at radius 1 is 0.947 bits per heavy atom. The van der Waals surface area contributed by atoms with Crippen LogP contribution in [0.2, 0.25) is 0 Å². The molecule has 1 nitrogen and oxygen atoms in total. The van der Waals surface area contributed by atoms with Gasteiger partial charge in [-0.1, -0.05) is 54.6 Å². The molecular weight excluding hydrogens is 230 g/mol. The Morgan fingerprint density at radius 2 is 1.63 bits per heavy atom. The summed E-state index contributed by atoms with van der Waals surface area (Å²) in [6.07, 6.45) is 3.84. The van der Waals surface area contributed by atoms with Crippen molar-refractivity contribution in [1.82, 2.24) is 0 Å². The van der Waals surface area contributed by atoms with Gasteiger partial charge >= 0.3 is 0 Å². The normalized spacial score (nSPS) is 16.2. The number of benzene rings is 2. The first kappa shape index (κ1) is 12.2. The summed E-state index contributed by atoms with van der Waals surface area (Å²) in [6, 6.07) is 19.7. The molecule has 0 saturated heterocycles. The summed E-state index contributed by atoms with van der Waals surface area (Å²) in [7, 11) is 0. The second kappa shape index (κ2) is 5.40. The van der Waals surface area contributed by atoms with Gasteiger partial charge in [0.1, 0.15) is 0 Å². The molecule has 1 aliphatic rings. The minimum atomic E-state index is 0.559. The lowest BCUT2D eigenvalue weighted by molar-refractivity contribution is 0.420. The Bertz CT molecular complexity index is 580. The molecule has 2 aromatic rings. The average molecular weight is 249 g/mol. The molecule has 0 atom stereocenters. The summed E-state index contributed by atoms with van der Waals surface area (Å²) >= 11 is 0. The Morgan fingerprint density at radius 3 is 2.32 bits per heavy atom. The van der Waals surface area contributed by atoms with E-state index in [9.17, 15) is 0 Å². The van der Waals surface area contributed by atoms with Gasteiger partial charge in [0.15, 0.2) is 0 Å². The fourth-order valence-electron chi connectivity index (χ4n) is 2.53. The van der Waals surface area contributed by atoms with E-state index in [4.69, 9.17) is 4.99 Å². The van der Waals surface area contributed by atoms with Crippen LogP contribution in [-0.2, 0) is 0 Å². The number of hydrogen-bond donors (Lipinski definition) is 0. The zero-order chi connectivity index (χ0) is 13.1. The van der Waals surface area contributed by atoms with Crippen molar-refractivity contribution in [3.63, 3.8) is 0 Å². The van der Waals surface area contributed by atoms with Crippen LogP contribution >= 0.6 is 0 Å². The summed E-state index contributed by atoms with van der Waals surface area (Å²) < 4.78 is 0. The number of aliphatic imine (C=N–C) groups is 1. The highest BCUT2D eigenvalue weighted by atomic mass is 14.8. The summed E-state index contributed by atoms with van der Waals surface area (Å²) in [6.45, 7) is 2.14. The van der Waals surface area contributed by atoms with E-state index in [1.807, 2.05) is 0 Å². The lowest BCUT2D eigenvalue weighted by atomic mass is 9.92. The largest absolute Gasteiger partial charge is 0.286 e. The van der Waals surface area contributed by atoms with E-state index >= 15 is 0 Å². The first-order valence-electron chi connectivity index (χ1n) is 7.04. The SMILES string of the molecule is C/C(=N/C1CCC1)c1ccccc1-c1ccccc1. The van der Waals surface area contributed by atoms with Crippen LogP contribution in [0.15, 0.2) is 59.6 Å². The molecule has 0 bridgehead atoms. The molecule has 1 heteroatoms. The maximum atomic E-state index is 4.86. The second-order valence-corrected chi connectivity index (χ2v) is 5.21. The predicted molar refractivity (Wildman–Crippen MR) is 81.7 cm³/mol. The highest BCUT2D eigenvalue weighted by Gasteiger charge is 2.17. The maximum Gasteiger partial charge on any atom is 0.0503 e. The van der Waals surface area contributed by atoms with E-state index in [0.29, 0.717) is 6.04 Å². The molecule has 0 aromatic heterocycles. The monoisotopic (exact) mass is 249 g/mol. The summed E-state index contributed by atoms with van der Waals surface area (Å²) in [5.41, 5.74) is 4.98. The Balaban J connectivity index is 2.00. The molecule has 0 unspecified atom stereocenters. The Kier molecular flexibility index (Phi) is 3.45. The molecular formula is C18H19N. The third-order valence-corrected chi connectivity index (χ3v) is 3.85. The van der Waals surface area contributed by atoms with Crippen LogP contribution in [0.1, 0.15) is 31.7 Å². The highest BCUT2D eigenvalue weighted by molar-refractivity contribution is 6.04. The van der Waals surface area contributed by atoms with E-state index in [1.54, 1.807) is 0 Å². The summed E-state index contributed by atoms with van der Waals surface area (Å²) in [5.74, 6) is 0. The molecule has 96 valence electrons. The van der Waals surface area contributed by atoms with Crippen LogP contribution in [0, 0.1) is 0 Å². The van der Waals surface area contributed by atoms with Gasteiger partial charge in [-0.15, -0.1) is 0 Å². The number of nitrogens with zero attached hydrogens (tertiary/aromatic N) is 1. The van der Waals surface area contributed by atoms with Gasteiger partial charge < -0.3 is 0 Å². The van der Waals surface area contributed by atoms with Crippen LogP contribution in [0.5, 0.6) is 0 Å². The van der Waals surface area contributed by atoms with Gasteiger partial charge in [0.25, 0.3) is 0 Å². The third kappa shape index (κ3) is 2.60. The van der Waals surface area contributed by atoms with Crippen LogP contribution in [0.3, 0.4) is 0 Å². The maximum absolute atomic E-state index is 4.86. The van der Waals surface area contributed by atoms with Crippen molar-refractivity contribution in [2.45, 2.75) is 32.2 Å². The molecule has 2 aromatic carbocycles. The summed E-state index contributed by atoms with van der Waals surface area (Å²) in [5, 5.41) is 0. The molecule has 0 spiro atoms. The molecule has 0 N–H and O–H groups in total. The van der Waals surface area contributed by atoms with E-state index in [2.05, 4.69) is 61.5 Å². The minimum Gasteiger partial charge on any atom is -0.286 e. The smallest absolute Gasteiger partial charge is 0.0503 e. The molecule has 3 rings (SSSR count). The second-order valence-electron chi connectivity index (χ2n) is 5.21.